The fraction of sp³-hybridized carbons (Fsp3) is 0.800. The van der Waals surface area contributed by atoms with Crippen LogP contribution in [0.2, 0.25) is 0 Å². The predicted octanol–water partition coefficient (Wildman–Crippen LogP) is -0.0896. The van der Waals surface area contributed by atoms with Crippen molar-refractivity contribution < 1.29 is 9.90 Å². The molecule has 0 radical (unpaired) electrons. The molecule has 0 aromatic rings. The molecule has 0 saturated heterocycles. The zero-order chi connectivity index (χ0) is 6.73. The van der Waals surface area contributed by atoms with Crippen LogP contribution in [-0.2, 0) is 4.79 Å². The van der Waals surface area contributed by atoms with Crippen LogP contribution < -0.4 is 5.73 Å². The average Bonchev–Trinajstić information content (AvgIpc) is 1.64. The molecule has 0 saturated carbocycles. The largest absolute Gasteiger partial charge is 0.383 e. The standard InChI is InChI=1S/C5H11NO2.ClH/c1-3(2)4(7)5(6)8;/h3-4,7H,1-2H3,(H2,6,8);1H. The van der Waals surface area contributed by atoms with E-state index in [9.17, 15) is 4.79 Å². The van der Waals surface area contributed by atoms with Crippen molar-refractivity contribution in [2.45, 2.75) is 20.0 Å². The molecule has 0 aliphatic rings. The van der Waals surface area contributed by atoms with Crippen molar-refractivity contribution in [3.63, 3.8) is 0 Å². The highest BCUT2D eigenvalue weighted by molar-refractivity contribution is 5.85. The number of aliphatic hydroxyl groups excluding tert-OH is 1. The van der Waals surface area contributed by atoms with Crippen LogP contribution in [0, 0.1) is 5.92 Å². The van der Waals surface area contributed by atoms with Gasteiger partial charge in [0.25, 0.3) is 0 Å². The number of nitrogens with two attached hydrogens (primary N) is 1. The Morgan fingerprint density at radius 1 is 1.56 bits per heavy atom. The van der Waals surface area contributed by atoms with Gasteiger partial charge in [0, 0.05) is 0 Å². The van der Waals surface area contributed by atoms with Crippen LogP contribution in [0.4, 0.5) is 0 Å². The first-order valence-corrected chi connectivity index (χ1v) is 2.53. The van der Waals surface area contributed by atoms with Gasteiger partial charge in [-0.1, -0.05) is 13.8 Å². The summed E-state index contributed by atoms with van der Waals surface area (Å²) in [5.41, 5.74) is 4.75. The van der Waals surface area contributed by atoms with Gasteiger partial charge in [-0.3, -0.25) is 4.79 Å². The van der Waals surface area contributed by atoms with Crippen molar-refractivity contribution in [3.05, 3.63) is 0 Å². The van der Waals surface area contributed by atoms with Crippen molar-refractivity contribution in [1.82, 2.24) is 0 Å². The molecular weight excluding hydrogens is 142 g/mol. The van der Waals surface area contributed by atoms with Gasteiger partial charge in [0.05, 0.1) is 0 Å². The summed E-state index contributed by atoms with van der Waals surface area (Å²) >= 11 is 0. The third kappa shape index (κ3) is 4.24. The summed E-state index contributed by atoms with van der Waals surface area (Å²) in [5, 5.41) is 8.73. The van der Waals surface area contributed by atoms with E-state index >= 15 is 0 Å². The van der Waals surface area contributed by atoms with E-state index in [4.69, 9.17) is 10.8 Å². The molecule has 0 spiro atoms. The highest BCUT2D eigenvalue weighted by atomic mass is 35.5. The van der Waals surface area contributed by atoms with Crippen molar-refractivity contribution in [1.29, 1.82) is 0 Å². The van der Waals surface area contributed by atoms with Crippen molar-refractivity contribution in [2.75, 3.05) is 0 Å². The van der Waals surface area contributed by atoms with Gasteiger partial charge in [0.15, 0.2) is 0 Å². The smallest absolute Gasteiger partial charge is 0.246 e. The molecule has 9 heavy (non-hydrogen) atoms. The second-order valence-corrected chi connectivity index (χ2v) is 2.09. The number of halogens is 1. The zero-order valence-corrected chi connectivity index (χ0v) is 6.31. The average molecular weight is 154 g/mol. The molecule has 1 unspecified atom stereocenters. The lowest BCUT2D eigenvalue weighted by Gasteiger charge is -2.07. The van der Waals surface area contributed by atoms with Crippen molar-refractivity contribution >= 4 is 18.3 Å². The Bertz CT molecular complexity index is 95.0. The van der Waals surface area contributed by atoms with E-state index in [-0.39, 0.29) is 18.3 Å². The fourth-order valence-electron chi connectivity index (χ4n) is 0.329. The van der Waals surface area contributed by atoms with Gasteiger partial charge < -0.3 is 10.8 Å². The number of primary amides is 1. The molecule has 0 aromatic heterocycles. The van der Waals surface area contributed by atoms with Crippen LogP contribution in [0.3, 0.4) is 0 Å². The number of rotatable bonds is 2. The van der Waals surface area contributed by atoms with E-state index < -0.39 is 12.0 Å². The Morgan fingerprint density at radius 2 is 1.89 bits per heavy atom. The van der Waals surface area contributed by atoms with E-state index in [1.54, 1.807) is 13.8 Å². The number of carbonyl (C=O) groups is 1. The Morgan fingerprint density at radius 3 is 1.89 bits per heavy atom. The lowest BCUT2D eigenvalue weighted by Crippen LogP contribution is -2.32. The molecule has 4 heteroatoms. The third-order valence-electron chi connectivity index (χ3n) is 0.923. The van der Waals surface area contributed by atoms with Gasteiger partial charge in [0.2, 0.25) is 5.91 Å². The second kappa shape index (κ2) is 4.58. The van der Waals surface area contributed by atoms with Crippen LogP contribution in [-0.4, -0.2) is 17.1 Å². The molecule has 3 N–H and O–H groups in total. The summed E-state index contributed by atoms with van der Waals surface area (Å²) in [4.78, 5) is 10.1. The summed E-state index contributed by atoms with van der Waals surface area (Å²) in [6.45, 7) is 3.46. The highest BCUT2D eigenvalue weighted by Crippen LogP contribution is 1.98. The highest BCUT2D eigenvalue weighted by Gasteiger charge is 2.13. The molecule has 0 bridgehead atoms. The molecule has 0 fully saturated rings. The van der Waals surface area contributed by atoms with Gasteiger partial charge >= 0.3 is 0 Å². The maximum absolute atomic E-state index is 10.1. The van der Waals surface area contributed by atoms with Gasteiger partial charge in [0.1, 0.15) is 6.10 Å². The summed E-state index contributed by atoms with van der Waals surface area (Å²) < 4.78 is 0. The Labute approximate surface area is 60.6 Å². The quantitative estimate of drug-likeness (QED) is 0.583. The lowest BCUT2D eigenvalue weighted by molar-refractivity contribution is -0.127. The fourth-order valence-corrected chi connectivity index (χ4v) is 0.329. The minimum absolute atomic E-state index is 0. The lowest BCUT2D eigenvalue weighted by atomic mass is 10.1. The SMILES string of the molecule is CC(C)C(O)C(N)=O.Cl. The maximum Gasteiger partial charge on any atom is 0.246 e. The van der Waals surface area contributed by atoms with Crippen LogP contribution in [0.5, 0.6) is 0 Å². The summed E-state index contributed by atoms with van der Waals surface area (Å²) in [7, 11) is 0. The van der Waals surface area contributed by atoms with Gasteiger partial charge in [-0.2, -0.15) is 0 Å². The summed E-state index contributed by atoms with van der Waals surface area (Å²) in [5.74, 6) is -0.729. The van der Waals surface area contributed by atoms with Crippen LogP contribution in [0.15, 0.2) is 0 Å². The number of amides is 1. The molecule has 0 rings (SSSR count). The first-order valence-electron chi connectivity index (χ1n) is 2.53. The van der Waals surface area contributed by atoms with E-state index in [2.05, 4.69) is 0 Å². The van der Waals surface area contributed by atoms with E-state index in [0.29, 0.717) is 0 Å². The number of hydrogen-bond donors (Lipinski definition) is 2. The zero-order valence-electron chi connectivity index (χ0n) is 5.50. The van der Waals surface area contributed by atoms with Crippen LogP contribution in [0.25, 0.3) is 0 Å². The van der Waals surface area contributed by atoms with Crippen LogP contribution in [0.1, 0.15) is 13.8 Å². The molecule has 1 atom stereocenters. The van der Waals surface area contributed by atoms with Gasteiger partial charge in [-0.25, -0.2) is 0 Å². The number of aliphatic hydroxyl groups is 1. The Kier molecular flexibility index (Phi) is 5.86. The first kappa shape index (κ1) is 11.5. The summed E-state index contributed by atoms with van der Waals surface area (Å²) in [6, 6.07) is 0. The molecule has 1 amide bonds. The van der Waals surface area contributed by atoms with E-state index in [1.807, 2.05) is 0 Å². The van der Waals surface area contributed by atoms with Crippen molar-refractivity contribution in [3.8, 4) is 0 Å². The molecule has 0 heterocycles. The molecule has 0 aliphatic heterocycles. The molecule has 56 valence electrons. The molecular formula is C5H12ClNO2. The number of hydrogen-bond acceptors (Lipinski definition) is 2. The van der Waals surface area contributed by atoms with Crippen molar-refractivity contribution in [2.24, 2.45) is 11.7 Å². The third-order valence-corrected chi connectivity index (χ3v) is 0.923. The Balaban J connectivity index is 0. The van der Waals surface area contributed by atoms with Crippen LogP contribution >= 0.6 is 12.4 Å². The predicted molar refractivity (Wildman–Crippen MR) is 37.3 cm³/mol. The van der Waals surface area contributed by atoms with Gasteiger partial charge in [-0.15, -0.1) is 12.4 Å². The first-order chi connectivity index (χ1) is 3.55. The Hall–Kier alpha value is -0.280. The normalized spacial score (nSPS) is 12.4. The van der Waals surface area contributed by atoms with Gasteiger partial charge in [-0.05, 0) is 5.92 Å². The molecule has 3 nitrogen and oxygen atoms in total. The minimum atomic E-state index is -0.991. The monoisotopic (exact) mass is 153 g/mol. The molecule has 0 aliphatic carbocycles. The van der Waals surface area contributed by atoms with E-state index in [0.717, 1.165) is 0 Å². The topological polar surface area (TPSA) is 63.3 Å². The van der Waals surface area contributed by atoms with E-state index in [1.165, 1.54) is 0 Å². The second-order valence-electron chi connectivity index (χ2n) is 2.09. The minimum Gasteiger partial charge on any atom is -0.383 e. The number of carbonyl (C=O) groups excluding carboxylic acids is 1. The molecule has 0 aromatic carbocycles. The maximum atomic E-state index is 10.1. The summed E-state index contributed by atoms with van der Waals surface area (Å²) in [6.07, 6.45) is -0.991.